The number of hydrogen-bond acceptors (Lipinski definition) is 4. The minimum absolute atomic E-state index is 0.180. The lowest BCUT2D eigenvalue weighted by Gasteiger charge is -2.27. The largest absolute Gasteiger partial charge is 0.378 e. The van der Waals surface area contributed by atoms with Crippen molar-refractivity contribution in [3.8, 4) is 16.9 Å². The van der Waals surface area contributed by atoms with Gasteiger partial charge in [-0.2, -0.15) is 5.10 Å². The molecule has 0 aliphatic carbocycles. The van der Waals surface area contributed by atoms with Gasteiger partial charge in [-0.1, -0.05) is 64.5 Å². The zero-order chi connectivity index (χ0) is 25.6. The molecule has 0 bridgehead atoms. The summed E-state index contributed by atoms with van der Waals surface area (Å²) in [5, 5.41) is 7.70. The maximum absolute atomic E-state index is 13.6. The highest BCUT2D eigenvalue weighted by atomic mass is 79.9. The highest BCUT2D eigenvalue weighted by molar-refractivity contribution is 9.10. The second-order valence-corrected chi connectivity index (χ2v) is 9.42. The second-order valence-electron chi connectivity index (χ2n) is 8.50. The van der Waals surface area contributed by atoms with Crippen LogP contribution in [0.3, 0.4) is 0 Å². The van der Waals surface area contributed by atoms with Crippen LogP contribution in [-0.2, 0) is 9.53 Å². The van der Waals surface area contributed by atoms with Crippen LogP contribution in [0.5, 0.6) is 0 Å². The van der Waals surface area contributed by atoms with Crippen LogP contribution in [0.2, 0.25) is 0 Å². The Hall–Kier alpha value is -4.01. The monoisotopic (exact) mass is 556 g/mol. The summed E-state index contributed by atoms with van der Waals surface area (Å²) in [7, 11) is 0. The summed E-state index contributed by atoms with van der Waals surface area (Å²) in [5.41, 5.74) is 3.84. The molecule has 1 fully saturated rings. The van der Waals surface area contributed by atoms with E-state index in [-0.39, 0.29) is 17.5 Å². The highest BCUT2D eigenvalue weighted by Gasteiger charge is 2.24. The van der Waals surface area contributed by atoms with Gasteiger partial charge in [0, 0.05) is 40.4 Å². The Bertz CT molecular complexity index is 1410. The van der Waals surface area contributed by atoms with Crippen molar-refractivity contribution < 1.29 is 14.3 Å². The zero-order valence-corrected chi connectivity index (χ0v) is 21.6. The number of hydrogen-bond donors (Lipinski definition) is 1. The van der Waals surface area contributed by atoms with E-state index in [2.05, 4.69) is 21.2 Å². The molecule has 2 heterocycles. The maximum Gasteiger partial charge on any atom is 0.270 e. The molecule has 4 aromatic rings. The number of nitrogens with one attached hydrogen (secondary N) is 1. The molecule has 1 aliphatic rings. The lowest BCUT2D eigenvalue weighted by Crippen LogP contribution is -2.44. The number of para-hydroxylation sites is 1. The first-order valence-corrected chi connectivity index (χ1v) is 12.7. The van der Waals surface area contributed by atoms with E-state index in [1.54, 1.807) is 39.9 Å². The highest BCUT2D eigenvalue weighted by Crippen LogP contribution is 2.26. The van der Waals surface area contributed by atoms with Crippen molar-refractivity contribution in [1.29, 1.82) is 0 Å². The lowest BCUT2D eigenvalue weighted by molar-refractivity contribution is -0.131. The van der Waals surface area contributed by atoms with E-state index in [0.717, 1.165) is 15.7 Å². The number of rotatable bonds is 6. The minimum Gasteiger partial charge on any atom is -0.378 e. The van der Waals surface area contributed by atoms with E-state index in [9.17, 15) is 9.59 Å². The first kappa shape index (κ1) is 24.7. The van der Waals surface area contributed by atoms with E-state index in [1.807, 2.05) is 66.9 Å². The topological polar surface area (TPSA) is 76.5 Å². The average Bonchev–Trinajstić information content (AvgIpc) is 3.38. The third-order valence-corrected chi connectivity index (χ3v) is 6.52. The summed E-state index contributed by atoms with van der Waals surface area (Å²) >= 11 is 3.39. The van der Waals surface area contributed by atoms with Gasteiger partial charge in [-0.15, -0.1) is 0 Å². The molecule has 0 radical (unpaired) electrons. The molecule has 186 valence electrons. The summed E-state index contributed by atoms with van der Waals surface area (Å²) in [5.74, 6) is -0.627. The van der Waals surface area contributed by atoms with E-state index in [4.69, 9.17) is 9.84 Å². The van der Waals surface area contributed by atoms with Crippen molar-refractivity contribution in [2.24, 2.45) is 0 Å². The molecule has 0 unspecified atom stereocenters. The molecule has 2 amide bonds. The fourth-order valence-electron chi connectivity index (χ4n) is 4.07. The molecular weight excluding hydrogens is 532 g/mol. The number of aromatic nitrogens is 2. The Balaban J connectivity index is 1.58. The predicted molar refractivity (Wildman–Crippen MR) is 146 cm³/mol. The number of carbonyl (C=O) groups excluding carboxylic acids is 2. The molecular formula is C29H25BrN4O3. The lowest BCUT2D eigenvalue weighted by atomic mass is 10.1. The van der Waals surface area contributed by atoms with Crippen LogP contribution in [0, 0.1) is 0 Å². The SMILES string of the molecule is O=C(NC(=Cc1cn(-c2ccccc2)nc1-c1ccccc1)C(=O)N1CCOCC1)c1ccc(Br)cc1. The van der Waals surface area contributed by atoms with E-state index >= 15 is 0 Å². The average molecular weight is 557 g/mol. The Labute approximate surface area is 223 Å². The van der Waals surface area contributed by atoms with Crippen LogP contribution in [0.1, 0.15) is 15.9 Å². The van der Waals surface area contributed by atoms with Crippen LogP contribution in [0.25, 0.3) is 23.0 Å². The third-order valence-electron chi connectivity index (χ3n) is 5.99. The molecule has 5 rings (SSSR count). The van der Waals surface area contributed by atoms with E-state index in [1.165, 1.54) is 0 Å². The van der Waals surface area contributed by atoms with Gasteiger partial charge in [0.15, 0.2) is 0 Å². The molecule has 0 spiro atoms. The summed E-state index contributed by atoms with van der Waals surface area (Å²) < 4.78 is 8.07. The predicted octanol–water partition coefficient (Wildman–Crippen LogP) is 4.93. The number of carbonyl (C=O) groups is 2. The fourth-order valence-corrected chi connectivity index (χ4v) is 4.33. The number of nitrogens with zero attached hydrogens (tertiary/aromatic N) is 3. The van der Waals surface area contributed by atoms with Crippen LogP contribution in [0.15, 0.2) is 101 Å². The second kappa shape index (κ2) is 11.4. The summed E-state index contributed by atoms with van der Waals surface area (Å²) in [6.07, 6.45) is 3.58. The summed E-state index contributed by atoms with van der Waals surface area (Å²) in [6, 6.07) is 26.5. The summed E-state index contributed by atoms with van der Waals surface area (Å²) in [6.45, 7) is 1.83. The van der Waals surface area contributed by atoms with Gasteiger partial charge in [0.05, 0.1) is 18.9 Å². The van der Waals surface area contributed by atoms with Crippen molar-refractivity contribution in [2.45, 2.75) is 0 Å². The fraction of sp³-hybridized carbons (Fsp3) is 0.138. The number of halogens is 1. The van der Waals surface area contributed by atoms with Gasteiger partial charge in [0.25, 0.3) is 11.8 Å². The van der Waals surface area contributed by atoms with Gasteiger partial charge >= 0.3 is 0 Å². The molecule has 1 N–H and O–H groups in total. The number of benzene rings is 3. The van der Waals surface area contributed by atoms with Gasteiger partial charge < -0.3 is 15.0 Å². The smallest absolute Gasteiger partial charge is 0.270 e. The van der Waals surface area contributed by atoms with Crippen LogP contribution >= 0.6 is 15.9 Å². The Morgan fingerprint density at radius 3 is 2.22 bits per heavy atom. The van der Waals surface area contributed by atoms with Gasteiger partial charge in [-0.05, 0) is 42.5 Å². The standard InChI is InChI=1S/C29H25BrN4O3/c30-24-13-11-22(12-14-24)28(35)31-26(29(36)33-15-17-37-18-16-33)19-23-20-34(25-9-5-2-6-10-25)32-27(23)21-7-3-1-4-8-21/h1-14,19-20H,15-18H2,(H,31,35). The zero-order valence-electron chi connectivity index (χ0n) is 20.0. The molecule has 8 heteroatoms. The molecule has 3 aromatic carbocycles. The molecule has 1 aromatic heterocycles. The van der Waals surface area contributed by atoms with Gasteiger partial charge in [0.1, 0.15) is 11.4 Å². The molecule has 7 nitrogen and oxygen atoms in total. The number of ether oxygens (including phenoxy) is 1. The Kier molecular flexibility index (Phi) is 7.58. The minimum atomic E-state index is -0.364. The van der Waals surface area contributed by atoms with E-state index in [0.29, 0.717) is 43.1 Å². The van der Waals surface area contributed by atoms with Gasteiger partial charge in [-0.3, -0.25) is 9.59 Å². The summed E-state index contributed by atoms with van der Waals surface area (Å²) in [4.78, 5) is 28.4. The van der Waals surface area contributed by atoms with Crippen molar-refractivity contribution in [3.63, 3.8) is 0 Å². The van der Waals surface area contributed by atoms with Crippen molar-refractivity contribution in [3.05, 3.63) is 112 Å². The van der Waals surface area contributed by atoms with Crippen molar-refractivity contribution >= 4 is 33.8 Å². The van der Waals surface area contributed by atoms with E-state index < -0.39 is 0 Å². The quantitative estimate of drug-likeness (QED) is 0.341. The van der Waals surface area contributed by atoms with Crippen molar-refractivity contribution in [1.82, 2.24) is 20.0 Å². The number of amides is 2. The van der Waals surface area contributed by atoms with Gasteiger partial charge in [-0.25, -0.2) is 4.68 Å². The number of morpholine rings is 1. The molecule has 0 atom stereocenters. The van der Waals surface area contributed by atoms with Crippen LogP contribution in [0.4, 0.5) is 0 Å². The first-order valence-electron chi connectivity index (χ1n) is 11.9. The maximum atomic E-state index is 13.6. The van der Waals surface area contributed by atoms with Crippen LogP contribution in [-0.4, -0.2) is 52.8 Å². The third kappa shape index (κ3) is 5.87. The molecule has 0 saturated carbocycles. The Morgan fingerprint density at radius 1 is 0.892 bits per heavy atom. The molecule has 1 saturated heterocycles. The normalized spacial score (nSPS) is 13.9. The van der Waals surface area contributed by atoms with Gasteiger partial charge in [0.2, 0.25) is 0 Å². The van der Waals surface area contributed by atoms with Crippen LogP contribution < -0.4 is 5.32 Å². The molecule has 1 aliphatic heterocycles. The molecule has 37 heavy (non-hydrogen) atoms. The first-order chi connectivity index (χ1) is 18.1. The van der Waals surface area contributed by atoms with Crippen molar-refractivity contribution in [2.75, 3.05) is 26.3 Å². The Morgan fingerprint density at radius 2 is 1.54 bits per heavy atom.